The zero-order valence-electron chi connectivity index (χ0n) is 8.86. The lowest BCUT2D eigenvalue weighted by Gasteiger charge is -2.31. The second-order valence-electron chi connectivity index (χ2n) is 3.79. The van der Waals surface area contributed by atoms with E-state index in [4.69, 9.17) is 5.11 Å². The summed E-state index contributed by atoms with van der Waals surface area (Å²) in [5, 5.41) is 18.4. The van der Waals surface area contributed by atoms with Gasteiger partial charge in [0.25, 0.3) is 0 Å². The molecule has 1 aliphatic rings. The molecule has 0 spiro atoms. The van der Waals surface area contributed by atoms with Crippen molar-refractivity contribution in [1.82, 2.24) is 4.90 Å². The Morgan fingerprint density at radius 2 is 2.00 bits per heavy atom. The Kier molecular flexibility index (Phi) is 4.63. The minimum atomic E-state index is -0.931. The Bertz CT molecular complexity index is 198. The average molecular weight is 201 g/mol. The van der Waals surface area contributed by atoms with E-state index in [0.717, 1.165) is 12.8 Å². The summed E-state index contributed by atoms with van der Waals surface area (Å²) < 4.78 is 0. The molecule has 1 saturated heterocycles. The van der Waals surface area contributed by atoms with Gasteiger partial charge in [-0.1, -0.05) is 0 Å². The zero-order chi connectivity index (χ0) is 11.4. The summed E-state index contributed by atoms with van der Waals surface area (Å²) in [6.45, 7) is 9.85. The van der Waals surface area contributed by atoms with E-state index in [1.807, 2.05) is 0 Å². The van der Waals surface area contributed by atoms with Gasteiger partial charge in [-0.05, 0) is 26.7 Å². The van der Waals surface area contributed by atoms with Crippen LogP contribution in [0.5, 0.6) is 0 Å². The fraction of sp³-hybridized carbons (Fsp3) is 0.700. The Balaban J connectivity index is 0.000000791. The smallest absolute Gasteiger partial charge is 0.407 e. The van der Waals surface area contributed by atoms with E-state index in [-0.39, 0.29) is 6.04 Å². The number of amides is 1. The third kappa shape index (κ3) is 3.03. The van der Waals surface area contributed by atoms with Crippen molar-refractivity contribution in [1.29, 1.82) is 0 Å². The van der Waals surface area contributed by atoms with Crippen molar-refractivity contribution in [3.8, 4) is 0 Å². The number of hydrogen-bond acceptors (Lipinski definition) is 2. The Morgan fingerprint density at radius 1 is 1.50 bits per heavy atom. The van der Waals surface area contributed by atoms with Gasteiger partial charge in [-0.3, -0.25) is 0 Å². The van der Waals surface area contributed by atoms with Gasteiger partial charge in [-0.15, -0.1) is 13.2 Å². The predicted octanol–water partition coefficient (Wildman–Crippen LogP) is 1.70. The van der Waals surface area contributed by atoms with Crippen LogP contribution < -0.4 is 0 Å². The molecule has 4 nitrogen and oxygen atoms in total. The minimum absolute atomic E-state index is 0.241. The van der Waals surface area contributed by atoms with Gasteiger partial charge in [0.15, 0.2) is 0 Å². The molecule has 1 rings (SSSR count). The number of nitrogens with zero attached hydrogens (tertiary/aromatic N) is 1. The van der Waals surface area contributed by atoms with Gasteiger partial charge >= 0.3 is 6.09 Å². The highest BCUT2D eigenvalue weighted by Gasteiger charge is 2.38. The molecule has 0 radical (unpaired) electrons. The van der Waals surface area contributed by atoms with Gasteiger partial charge in [-0.25, -0.2) is 4.79 Å². The van der Waals surface area contributed by atoms with Gasteiger partial charge in [0.1, 0.15) is 0 Å². The Labute approximate surface area is 84.8 Å². The number of rotatable bonds is 1. The molecule has 4 heteroatoms. The molecule has 14 heavy (non-hydrogen) atoms. The average Bonchev–Trinajstić information content (AvgIpc) is 2.54. The summed E-state index contributed by atoms with van der Waals surface area (Å²) in [5.74, 6) is 0. The third-order valence-electron chi connectivity index (χ3n) is 2.31. The molecule has 1 unspecified atom stereocenters. The van der Waals surface area contributed by atoms with E-state index in [1.54, 1.807) is 13.8 Å². The van der Waals surface area contributed by atoms with E-state index in [0.29, 0.717) is 6.54 Å². The lowest BCUT2D eigenvalue weighted by Crippen LogP contribution is -2.47. The molecule has 0 aromatic heterocycles. The van der Waals surface area contributed by atoms with Crippen molar-refractivity contribution < 1.29 is 15.0 Å². The maximum atomic E-state index is 10.7. The SMILES string of the molecule is C=C.CC(C)(O)C1CCCN1C(=O)O. The monoisotopic (exact) mass is 201 g/mol. The summed E-state index contributed by atoms with van der Waals surface area (Å²) in [6.07, 6.45) is 0.677. The van der Waals surface area contributed by atoms with Crippen molar-refractivity contribution in [2.45, 2.75) is 38.3 Å². The van der Waals surface area contributed by atoms with E-state index in [9.17, 15) is 9.90 Å². The van der Waals surface area contributed by atoms with Crippen LogP contribution in [0, 0.1) is 0 Å². The second kappa shape index (κ2) is 5.00. The molecule has 2 N–H and O–H groups in total. The lowest BCUT2D eigenvalue weighted by atomic mass is 9.97. The normalized spacial score (nSPS) is 21.4. The summed E-state index contributed by atoms with van der Waals surface area (Å²) in [4.78, 5) is 12.0. The lowest BCUT2D eigenvalue weighted by molar-refractivity contribution is 0.00186. The summed E-state index contributed by atoms with van der Waals surface area (Å²) >= 11 is 0. The number of carboxylic acid groups (broad SMARTS) is 1. The van der Waals surface area contributed by atoms with Gasteiger partial charge in [0.05, 0.1) is 11.6 Å². The molecule has 1 atom stereocenters. The van der Waals surface area contributed by atoms with Crippen molar-refractivity contribution >= 4 is 6.09 Å². The van der Waals surface area contributed by atoms with Crippen LogP contribution in [0.15, 0.2) is 13.2 Å². The standard InChI is InChI=1S/C8H15NO3.C2H4/c1-8(2,12)6-4-3-5-9(6)7(10)11;1-2/h6,12H,3-5H2,1-2H3,(H,10,11);1-2H2. The van der Waals surface area contributed by atoms with Crippen LogP contribution in [-0.2, 0) is 0 Å². The zero-order valence-corrected chi connectivity index (χ0v) is 8.86. The highest BCUT2D eigenvalue weighted by Crippen LogP contribution is 2.26. The summed E-state index contributed by atoms with van der Waals surface area (Å²) in [6, 6.07) is -0.241. The van der Waals surface area contributed by atoms with Crippen LogP contribution in [0.3, 0.4) is 0 Å². The number of hydrogen-bond donors (Lipinski definition) is 2. The molecule has 1 amide bonds. The first-order valence-corrected chi connectivity index (χ1v) is 4.65. The highest BCUT2D eigenvalue weighted by atomic mass is 16.4. The van der Waals surface area contributed by atoms with Crippen LogP contribution in [-0.4, -0.2) is 39.4 Å². The van der Waals surface area contributed by atoms with Gasteiger partial charge in [0, 0.05) is 6.54 Å². The molecule has 1 fully saturated rings. The first kappa shape index (κ1) is 13.0. The molecular weight excluding hydrogens is 182 g/mol. The third-order valence-corrected chi connectivity index (χ3v) is 2.31. The quantitative estimate of drug-likeness (QED) is 0.635. The minimum Gasteiger partial charge on any atom is -0.465 e. The van der Waals surface area contributed by atoms with Crippen molar-refractivity contribution in [2.24, 2.45) is 0 Å². The van der Waals surface area contributed by atoms with E-state index in [1.165, 1.54) is 4.90 Å². The second-order valence-corrected chi connectivity index (χ2v) is 3.79. The van der Waals surface area contributed by atoms with Crippen LogP contribution in [0.25, 0.3) is 0 Å². The van der Waals surface area contributed by atoms with Gasteiger partial charge < -0.3 is 15.1 Å². The molecule has 82 valence electrons. The number of likely N-dealkylation sites (tertiary alicyclic amines) is 1. The first-order valence-electron chi connectivity index (χ1n) is 4.65. The van der Waals surface area contributed by atoms with E-state index in [2.05, 4.69) is 13.2 Å². The Hall–Kier alpha value is -1.03. The van der Waals surface area contributed by atoms with Crippen molar-refractivity contribution in [2.75, 3.05) is 6.54 Å². The molecule has 0 aromatic rings. The molecule has 0 bridgehead atoms. The predicted molar refractivity (Wildman–Crippen MR) is 55.3 cm³/mol. The summed E-state index contributed by atoms with van der Waals surface area (Å²) in [5.41, 5.74) is -0.922. The maximum Gasteiger partial charge on any atom is 0.407 e. The van der Waals surface area contributed by atoms with Crippen molar-refractivity contribution in [3.05, 3.63) is 13.2 Å². The molecule has 1 heterocycles. The van der Waals surface area contributed by atoms with Crippen LogP contribution >= 0.6 is 0 Å². The van der Waals surface area contributed by atoms with E-state index < -0.39 is 11.7 Å². The largest absolute Gasteiger partial charge is 0.465 e. The van der Waals surface area contributed by atoms with Gasteiger partial charge in [0.2, 0.25) is 0 Å². The van der Waals surface area contributed by atoms with Crippen LogP contribution in [0.4, 0.5) is 4.79 Å². The van der Waals surface area contributed by atoms with Crippen LogP contribution in [0.1, 0.15) is 26.7 Å². The Morgan fingerprint density at radius 3 is 2.29 bits per heavy atom. The molecular formula is C10H19NO3. The van der Waals surface area contributed by atoms with E-state index >= 15 is 0 Å². The highest BCUT2D eigenvalue weighted by molar-refractivity contribution is 5.66. The van der Waals surface area contributed by atoms with Gasteiger partial charge in [-0.2, -0.15) is 0 Å². The summed E-state index contributed by atoms with van der Waals surface area (Å²) in [7, 11) is 0. The topological polar surface area (TPSA) is 60.8 Å². The molecule has 0 saturated carbocycles. The fourth-order valence-electron chi connectivity index (χ4n) is 1.73. The molecule has 1 aliphatic heterocycles. The fourth-order valence-corrected chi connectivity index (χ4v) is 1.73. The maximum absolute atomic E-state index is 10.7. The number of carbonyl (C=O) groups is 1. The first-order chi connectivity index (χ1) is 6.43. The number of aliphatic hydroxyl groups is 1. The molecule has 0 aromatic carbocycles. The van der Waals surface area contributed by atoms with Crippen molar-refractivity contribution in [3.63, 3.8) is 0 Å². The van der Waals surface area contributed by atoms with Crippen LogP contribution in [0.2, 0.25) is 0 Å². The molecule has 0 aliphatic carbocycles.